The molecule has 1 aromatic rings. The van der Waals surface area contributed by atoms with Gasteiger partial charge in [0.15, 0.2) is 0 Å². The fourth-order valence-electron chi connectivity index (χ4n) is 1.09. The molecule has 1 unspecified atom stereocenters. The van der Waals surface area contributed by atoms with E-state index >= 15 is 0 Å². The van der Waals surface area contributed by atoms with E-state index in [9.17, 15) is 0 Å². The maximum Gasteiger partial charge on any atom is 0.322 e. The van der Waals surface area contributed by atoms with Crippen LogP contribution in [0.15, 0.2) is 0 Å². The summed E-state index contributed by atoms with van der Waals surface area (Å²) in [6.45, 7) is 4.67. The van der Waals surface area contributed by atoms with Gasteiger partial charge in [0.05, 0.1) is 13.7 Å². The van der Waals surface area contributed by atoms with Crippen molar-refractivity contribution in [3.63, 3.8) is 0 Å². The number of hydrogen-bond acceptors (Lipinski definition) is 7. The van der Waals surface area contributed by atoms with Crippen LogP contribution in [0.3, 0.4) is 0 Å². The van der Waals surface area contributed by atoms with Gasteiger partial charge in [-0.05, 0) is 13.3 Å². The van der Waals surface area contributed by atoms with Crippen LogP contribution in [0.2, 0.25) is 0 Å². The molecule has 0 saturated carbocycles. The van der Waals surface area contributed by atoms with E-state index in [1.54, 1.807) is 0 Å². The highest BCUT2D eigenvalue weighted by atomic mass is 16.5. The molecule has 17 heavy (non-hydrogen) atoms. The number of aliphatic hydroxyl groups excluding tert-OH is 1. The van der Waals surface area contributed by atoms with Gasteiger partial charge in [0.2, 0.25) is 11.9 Å². The van der Waals surface area contributed by atoms with Crippen LogP contribution in [0.4, 0.5) is 11.9 Å². The Labute approximate surface area is 101 Å². The zero-order valence-electron chi connectivity index (χ0n) is 10.4. The molecule has 0 spiro atoms. The van der Waals surface area contributed by atoms with Gasteiger partial charge in [-0.3, -0.25) is 0 Å². The van der Waals surface area contributed by atoms with E-state index in [2.05, 4.69) is 32.5 Å². The summed E-state index contributed by atoms with van der Waals surface area (Å²) in [5, 5.41) is 15.0. The van der Waals surface area contributed by atoms with Gasteiger partial charge in [-0.15, -0.1) is 0 Å². The lowest BCUT2D eigenvalue weighted by molar-refractivity contribution is 0.280. The summed E-state index contributed by atoms with van der Waals surface area (Å²) in [7, 11) is 1.50. The molecule has 0 fully saturated rings. The number of anilines is 2. The molecule has 1 heterocycles. The molecule has 1 aromatic heterocycles. The minimum atomic E-state index is -0.124. The van der Waals surface area contributed by atoms with E-state index in [1.807, 2.05) is 6.92 Å². The summed E-state index contributed by atoms with van der Waals surface area (Å²) >= 11 is 0. The highest BCUT2D eigenvalue weighted by molar-refractivity contribution is 5.36. The highest BCUT2D eigenvalue weighted by Gasteiger charge is 2.08. The minimum Gasteiger partial charge on any atom is -0.467 e. The number of nitrogens with one attached hydrogen (secondary N) is 2. The van der Waals surface area contributed by atoms with Crippen molar-refractivity contribution >= 4 is 11.9 Å². The third-order valence-electron chi connectivity index (χ3n) is 1.98. The maximum atomic E-state index is 8.95. The van der Waals surface area contributed by atoms with Crippen molar-refractivity contribution in [1.82, 2.24) is 15.0 Å². The molecular weight excluding hydrogens is 222 g/mol. The quantitative estimate of drug-likeness (QED) is 0.640. The molecule has 0 radical (unpaired) electrons. The first-order chi connectivity index (χ1) is 8.19. The summed E-state index contributed by atoms with van der Waals surface area (Å²) in [5.74, 6) is 0.850. The Morgan fingerprint density at radius 3 is 2.59 bits per heavy atom. The van der Waals surface area contributed by atoms with Crippen molar-refractivity contribution in [2.75, 3.05) is 30.9 Å². The van der Waals surface area contributed by atoms with Crippen molar-refractivity contribution in [3.8, 4) is 6.01 Å². The number of nitrogens with zero attached hydrogens (tertiary/aromatic N) is 3. The predicted molar refractivity (Wildman–Crippen MR) is 65.3 cm³/mol. The second-order valence-corrected chi connectivity index (χ2v) is 3.62. The van der Waals surface area contributed by atoms with E-state index in [0.29, 0.717) is 11.9 Å². The highest BCUT2D eigenvalue weighted by Crippen LogP contribution is 2.11. The number of aromatic nitrogens is 3. The molecule has 96 valence electrons. The third-order valence-corrected chi connectivity index (χ3v) is 1.98. The molecule has 7 heteroatoms. The van der Waals surface area contributed by atoms with E-state index in [0.717, 1.165) is 13.0 Å². The van der Waals surface area contributed by atoms with Crippen LogP contribution in [0.5, 0.6) is 6.01 Å². The number of ether oxygens (including phenoxy) is 1. The van der Waals surface area contributed by atoms with Crippen molar-refractivity contribution in [1.29, 1.82) is 0 Å². The standard InChI is InChI=1S/C10H19N5O2/c1-4-5-11-8-13-9(12-7(2)6-16)15-10(14-8)17-3/h7,16H,4-6H2,1-3H3,(H2,11,12,13,14,15). The molecular formula is C10H19N5O2. The van der Waals surface area contributed by atoms with Gasteiger partial charge in [-0.25, -0.2) is 0 Å². The van der Waals surface area contributed by atoms with Gasteiger partial charge >= 0.3 is 6.01 Å². The number of hydrogen-bond donors (Lipinski definition) is 3. The largest absolute Gasteiger partial charge is 0.467 e. The Hall–Kier alpha value is -1.63. The Kier molecular flexibility index (Phi) is 5.41. The second-order valence-electron chi connectivity index (χ2n) is 3.62. The molecule has 0 amide bonds. The number of methoxy groups -OCH3 is 1. The molecule has 7 nitrogen and oxygen atoms in total. The fraction of sp³-hybridized carbons (Fsp3) is 0.700. The molecule has 0 bridgehead atoms. The summed E-state index contributed by atoms with van der Waals surface area (Å²) in [5.41, 5.74) is 0. The van der Waals surface area contributed by atoms with Gasteiger partial charge in [-0.2, -0.15) is 15.0 Å². The Bertz CT molecular complexity index is 347. The smallest absolute Gasteiger partial charge is 0.322 e. The van der Waals surface area contributed by atoms with Crippen molar-refractivity contribution < 1.29 is 9.84 Å². The lowest BCUT2D eigenvalue weighted by Gasteiger charge is -2.12. The van der Waals surface area contributed by atoms with Crippen LogP contribution in [-0.2, 0) is 0 Å². The van der Waals surface area contributed by atoms with Crippen LogP contribution in [0.1, 0.15) is 20.3 Å². The van der Waals surface area contributed by atoms with Crippen molar-refractivity contribution in [2.45, 2.75) is 26.3 Å². The predicted octanol–water partition coefficient (Wildman–Crippen LogP) is 0.495. The third kappa shape index (κ3) is 4.39. The lowest BCUT2D eigenvalue weighted by atomic mass is 10.4. The number of rotatable bonds is 7. The van der Waals surface area contributed by atoms with Crippen LogP contribution >= 0.6 is 0 Å². The summed E-state index contributed by atoms with van der Waals surface area (Å²) in [4.78, 5) is 12.3. The first-order valence-electron chi connectivity index (χ1n) is 5.61. The van der Waals surface area contributed by atoms with Gasteiger partial charge in [-0.1, -0.05) is 6.92 Å². The molecule has 0 aliphatic rings. The van der Waals surface area contributed by atoms with Gasteiger partial charge < -0.3 is 20.5 Å². The Morgan fingerprint density at radius 2 is 2.00 bits per heavy atom. The fourth-order valence-corrected chi connectivity index (χ4v) is 1.09. The van der Waals surface area contributed by atoms with E-state index in [4.69, 9.17) is 9.84 Å². The molecule has 1 rings (SSSR count). The van der Waals surface area contributed by atoms with Crippen LogP contribution in [0.25, 0.3) is 0 Å². The molecule has 0 aliphatic heterocycles. The normalized spacial score (nSPS) is 12.0. The Morgan fingerprint density at radius 1 is 1.29 bits per heavy atom. The number of aliphatic hydroxyl groups is 1. The summed E-state index contributed by atoms with van der Waals surface area (Å²) < 4.78 is 4.99. The van der Waals surface area contributed by atoms with Crippen LogP contribution < -0.4 is 15.4 Å². The zero-order valence-corrected chi connectivity index (χ0v) is 10.4. The Balaban J connectivity index is 2.80. The van der Waals surface area contributed by atoms with Crippen molar-refractivity contribution in [3.05, 3.63) is 0 Å². The molecule has 1 atom stereocenters. The molecule has 0 saturated heterocycles. The van der Waals surface area contributed by atoms with Gasteiger partial charge in [0.1, 0.15) is 0 Å². The van der Waals surface area contributed by atoms with Crippen LogP contribution in [0, 0.1) is 0 Å². The minimum absolute atomic E-state index is 0.00567. The van der Waals surface area contributed by atoms with Gasteiger partial charge in [0.25, 0.3) is 0 Å². The lowest BCUT2D eigenvalue weighted by Crippen LogP contribution is -2.21. The van der Waals surface area contributed by atoms with E-state index in [1.165, 1.54) is 7.11 Å². The average molecular weight is 241 g/mol. The monoisotopic (exact) mass is 241 g/mol. The van der Waals surface area contributed by atoms with E-state index in [-0.39, 0.29) is 18.7 Å². The van der Waals surface area contributed by atoms with E-state index < -0.39 is 0 Å². The summed E-state index contributed by atoms with van der Waals surface area (Å²) in [6, 6.07) is 0.118. The van der Waals surface area contributed by atoms with Crippen LogP contribution in [-0.4, -0.2) is 46.4 Å². The first-order valence-corrected chi connectivity index (χ1v) is 5.61. The maximum absolute atomic E-state index is 8.95. The first kappa shape index (κ1) is 13.4. The molecule has 3 N–H and O–H groups in total. The average Bonchev–Trinajstić information content (AvgIpc) is 2.35. The summed E-state index contributed by atoms with van der Waals surface area (Å²) in [6.07, 6.45) is 0.976. The topological polar surface area (TPSA) is 92.2 Å². The molecule has 0 aliphatic carbocycles. The SMILES string of the molecule is CCCNc1nc(NC(C)CO)nc(OC)n1. The molecule has 0 aromatic carbocycles. The van der Waals surface area contributed by atoms with Crippen molar-refractivity contribution in [2.24, 2.45) is 0 Å². The van der Waals surface area contributed by atoms with Gasteiger partial charge in [0, 0.05) is 12.6 Å². The second kappa shape index (κ2) is 6.85. The zero-order chi connectivity index (χ0) is 12.7.